The van der Waals surface area contributed by atoms with Crippen LogP contribution in [0, 0.1) is 11.3 Å². The minimum Gasteiger partial charge on any atom is -0.338 e. The third-order valence-electron chi connectivity index (χ3n) is 3.10. The van der Waals surface area contributed by atoms with Gasteiger partial charge in [0, 0.05) is 5.92 Å². The van der Waals surface area contributed by atoms with Gasteiger partial charge >= 0.3 is 0 Å². The van der Waals surface area contributed by atoms with E-state index in [0.717, 1.165) is 5.82 Å². The van der Waals surface area contributed by atoms with Crippen molar-refractivity contribution < 1.29 is 4.52 Å². The van der Waals surface area contributed by atoms with E-state index in [-0.39, 0.29) is 0 Å². The molecule has 0 radical (unpaired) electrons. The lowest BCUT2D eigenvalue weighted by Crippen LogP contribution is -1.99. The van der Waals surface area contributed by atoms with E-state index in [1.807, 2.05) is 0 Å². The Bertz CT molecular complexity index is 377. The second-order valence-corrected chi connectivity index (χ2v) is 5.37. The summed E-state index contributed by atoms with van der Waals surface area (Å²) < 4.78 is 5.21. The van der Waals surface area contributed by atoms with Crippen LogP contribution >= 0.6 is 11.8 Å². The summed E-state index contributed by atoms with van der Waals surface area (Å²) in [5, 5.41) is 12.5. The molecular weight excluding hydrogens is 234 g/mol. The van der Waals surface area contributed by atoms with Crippen molar-refractivity contribution in [2.75, 3.05) is 5.75 Å². The third-order valence-corrected chi connectivity index (χ3v) is 3.88. The molecule has 17 heavy (non-hydrogen) atoms. The molecule has 4 nitrogen and oxygen atoms in total. The molecule has 0 spiro atoms. The van der Waals surface area contributed by atoms with E-state index in [9.17, 15) is 0 Å². The maximum atomic E-state index is 8.45. The molecule has 0 atom stereocenters. The summed E-state index contributed by atoms with van der Waals surface area (Å²) in [7, 11) is 0. The summed E-state index contributed by atoms with van der Waals surface area (Å²) in [4.78, 5) is 4.44. The van der Waals surface area contributed by atoms with Gasteiger partial charge in [0.1, 0.15) is 0 Å². The molecule has 0 N–H and O–H groups in total. The molecule has 0 unspecified atom stereocenters. The molecule has 1 aliphatic rings. The normalized spacial score (nSPS) is 17.6. The average molecular weight is 251 g/mol. The first-order valence-electron chi connectivity index (χ1n) is 6.17. The number of rotatable bonds is 4. The zero-order valence-corrected chi connectivity index (χ0v) is 10.7. The zero-order valence-electron chi connectivity index (χ0n) is 9.89. The van der Waals surface area contributed by atoms with Crippen molar-refractivity contribution in [3.05, 3.63) is 11.7 Å². The summed E-state index contributed by atoms with van der Waals surface area (Å²) >= 11 is 1.51. The number of aromatic nitrogens is 2. The zero-order chi connectivity index (χ0) is 11.9. The first-order chi connectivity index (χ1) is 8.40. The fourth-order valence-electron chi connectivity index (χ4n) is 2.21. The minimum absolute atomic E-state index is 0.473. The standard InChI is InChI=1S/C12H17N3OS/c13-7-8-17-9-11-14-12(15-16-11)10-5-3-1-2-4-6-10/h10H,1-6,8-9H2. The van der Waals surface area contributed by atoms with E-state index < -0.39 is 0 Å². The van der Waals surface area contributed by atoms with Gasteiger partial charge in [-0.2, -0.15) is 10.2 Å². The van der Waals surface area contributed by atoms with E-state index in [1.54, 1.807) is 0 Å². The first-order valence-corrected chi connectivity index (χ1v) is 7.33. The second-order valence-electron chi connectivity index (χ2n) is 4.39. The molecule has 0 bridgehead atoms. The van der Waals surface area contributed by atoms with Crippen LogP contribution in [0.15, 0.2) is 4.52 Å². The molecule has 1 aromatic heterocycles. The predicted molar refractivity (Wildman–Crippen MR) is 66.5 cm³/mol. The van der Waals surface area contributed by atoms with Gasteiger partial charge < -0.3 is 4.52 Å². The summed E-state index contributed by atoms with van der Waals surface area (Å²) in [5.41, 5.74) is 0. The highest BCUT2D eigenvalue weighted by molar-refractivity contribution is 7.98. The molecule has 0 amide bonds. The van der Waals surface area contributed by atoms with Crippen molar-refractivity contribution in [3.8, 4) is 6.07 Å². The SMILES string of the molecule is N#CCSCc1nc(C2CCCCCC2)no1. The van der Waals surface area contributed by atoms with Crippen molar-refractivity contribution in [3.63, 3.8) is 0 Å². The third kappa shape index (κ3) is 3.74. The largest absolute Gasteiger partial charge is 0.338 e. The summed E-state index contributed by atoms with van der Waals surface area (Å²) in [6, 6.07) is 2.09. The van der Waals surface area contributed by atoms with Crippen molar-refractivity contribution in [2.45, 2.75) is 50.2 Å². The minimum atomic E-state index is 0.473. The highest BCUT2D eigenvalue weighted by atomic mass is 32.2. The Morgan fingerprint density at radius 1 is 1.29 bits per heavy atom. The Hall–Kier alpha value is -1.02. The Balaban J connectivity index is 1.90. The molecule has 1 fully saturated rings. The Kier molecular flexibility index (Phi) is 4.87. The van der Waals surface area contributed by atoms with Crippen molar-refractivity contribution >= 4 is 11.8 Å². The van der Waals surface area contributed by atoms with Crippen LogP contribution in [0.1, 0.15) is 56.2 Å². The highest BCUT2D eigenvalue weighted by Gasteiger charge is 2.19. The highest BCUT2D eigenvalue weighted by Crippen LogP contribution is 2.30. The molecule has 5 heteroatoms. The summed E-state index contributed by atoms with van der Waals surface area (Å²) in [6.07, 6.45) is 7.59. The molecule has 1 aromatic rings. The molecule has 1 saturated carbocycles. The molecule has 92 valence electrons. The van der Waals surface area contributed by atoms with E-state index in [2.05, 4.69) is 16.2 Å². The van der Waals surface area contributed by atoms with Crippen LogP contribution in [0.25, 0.3) is 0 Å². The number of hydrogen-bond donors (Lipinski definition) is 0. The smallest absolute Gasteiger partial charge is 0.236 e. The lowest BCUT2D eigenvalue weighted by Gasteiger charge is -2.07. The lowest BCUT2D eigenvalue weighted by molar-refractivity contribution is 0.377. The van der Waals surface area contributed by atoms with Crippen LogP contribution in [0.5, 0.6) is 0 Å². The number of nitrogens with zero attached hydrogens (tertiary/aromatic N) is 3. The number of thioether (sulfide) groups is 1. The van der Waals surface area contributed by atoms with Gasteiger partial charge in [0.2, 0.25) is 5.89 Å². The molecule has 1 aliphatic carbocycles. The summed E-state index contributed by atoms with van der Waals surface area (Å²) in [6.45, 7) is 0. The van der Waals surface area contributed by atoms with E-state index >= 15 is 0 Å². The van der Waals surface area contributed by atoms with Crippen LogP contribution in [0.2, 0.25) is 0 Å². The van der Waals surface area contributed by atoms with Gasteiger partial charge in [0.05, 0.1) is 17.6 Å². The van der Waals surface area contributed by atoms with Gasteiger partial charge in [-0.3, -0.25) is 0 Å². The van der Waals surface area contributed by atoms with Crippen LogP contribution in [0.3, 0.4) is 0 Å². The van der Waals surface area contributed by atoms with Gasteiger partial charge in [-0.05, 0) is 12.8 Å². The van der Waals surface area contributed by atoms with Crippen molar-refractivity contribution in [1.29, 1.82) is 5.26 Å². The van der Waals surface area contributed by atoms with Crippen molar-refractivity contribution in [2.24, 2.45) is 0 Å². The van der Waals surface area contributed by atoms with Crippen molar-refractivity contribution in [1.82, 2.24) is 10.1 Å². The predicted octanol–water partition coefficient (Wildman–Crippen LogP) is 3.26. The fraction of sp³-hybridized carbons (Fsp3) is 0.750. The van der Waals surface area contributed by atoms with Gasteiger partial charge in [-0.15, -0.1) is 11.8 Å². The van der Waals surface area contributed by atoms with Gasteiger partial charge in [0.15, 0.2) is 5.82 Å². The Labute approximate surface area is 106 Å². The van der Waals surface area contributed by atoms with Crippen LogP contribution in [0.4, 0.5) is 0 Å². The number of hydrogen-bond acceptors (Lipinski definition) is 5. The maximum Gasteiger partial charge on any atom is 0.236 e. The topological polar surface area (TPSA) is 62.7 Å². The van der Waals surface area contributed by atoms with Crippen LogP contribution < -0.4 is 0 Å². The fourth-order valence-corrected chi connectivity index (χ4v) is 2.70. The Morgan fingerprint density at radius 2 is 2.06 bits per heavy atom. The molecule has 1 heterocycles. The second kappa shape index (κ2) is 6.65. The van der Waals surface area contributed by atoms with E-state index in [4.69, 9.17) is 9.78 Å². The molecule has 0 aliphatic heterocycles. The van der Waals surface area contributed by atoms with Gasteiger partial charge in [0.25, 0.3) is 0 Å². The molecule has 0 saturated heterocycles. The Morgan fingerprint density at radius 3 is 2.76 bits per heavy atom. The molecule has 2 rings (SSSR count). The van der Waals surface area contributed by atoms with E-state index in [0.29, 0.717) is 23.3 Å². The number of nitriles is 1. The van der Waals surface area contributed by atoms with E-state index in [1.165, 1.54) is 50.3 Å². The maximum absolute atomic E-state index is 8.45. The molecular formula is C12H17N3OS. The summed E-state index contributed by atoms with van der Waals surface area (Å²) in [5.74, 6) is 3.13. The van der Waals surface area contributed by atoms with Gasteiger partial charge in [-0.25, -0.2) is 0 Å². The average Bonchev–Trinajstić information content (AvgIpc) is 2.64. The van der Waals surface area contributed by atoms with Gasteiger partial charge in [-0.1, -0.05) is 30.8 Å². The monoisotopic (exact) mass is 251 g/mol. The van der Waals surface area contributed by atoms with Crippen LogP contribution in [-0.4, -0.2) is 15.9 Å². The quantitative estimate of drug-likeness (QED) is 0.607. The molecule has 0 aromatic carbocycles. The first kappa shape index (κ1) is 12.4. The lowest BCUT2D eigenvalue weighted by atomic mass is 10.00. The van der Waals surface area contributed by atoms with Crippen LogP contribution in [-0.2, 0) is 5.75 Å².